The topological polar surface area (TPSA) is 47.5 Å². The highest BCUT2D eigenvalue weighted by Crippen LogP contribution is 2.37. The summed E-state index contributed by atoms with van der Waals surface area (Å²) in [7, 11) is 2.07. The first kappa shape index (κ1) is 15.1. The molecule has 3 rings (SSSR count). The van der Waals surface area contributed by atoms with E-state index in [1.54, 1.807) is 18.6 Å². The van der Waals surface area contributed by atoms with Crippen molar-refractivity contribution in [3.05, 3.63) is 47.0 Å². The molecule has 0 fully saturated rings. The summed E-state index contributed by atoms with van der Waals surface area (Å²) in [5.41, 5.74) is 2.01. The third-order valence-corrected chi connectivity index (χ3v) is 4.19. The van der Waals surface area contributed by atoms with E-state index in [2.05, 4.69) is 28.8 Å². The fourth-order valence-corrected chi connectivity index (χ4v) is 2.61. The molecule has 1 aliphatic heterocycles. The zero-order valence-electron chi connectivity index (χ0n) is 12.6. The Bertz CT molecular complexity index is 651. The van der Waals surface area contributed by atoms with Gasteiger partial charge in [0.25, 0.3) is 0 Å². The Morgan fingerprint density at radius 1 is 1.27 bits per heavy atom. The number of hydrogen-bond donors (Lipinski definition) is 0. The van der Waals surface area contributed by atoms with Gasteiger partial charge in [-0.25, -0.2) is 0 Å². The third-order valence-electron chi connectivity index (χ3n) is 3.84. The molecule has 1 aromatic carbocycles. The second kappa shape index (κ2) is 6.50. The minimum atomic E-state index is 0.258. The summed E-state index contributed by atoms with van der Waals surface area (Å²) >= 11 is 6.33. The van der Waals surface area contributed by atoms with E-state index in [9.17, 15) is 0 Å². The largest absolute Gasteiger partial charge is 0.454 e. The van der Waals surface area contributed by atoms with Crippen LogP contribution in [-0.4, -0.2) is 34.8 Å². The lowest BCUT2D eigenvalue weighted by Gasteiger charge is -2.25. The Morgan fingerprint density at radius 3 is 2.77 bits per heavy atom. The van der Waals surface area contributed by atoms with Crippen LogP contribution in [0.5, 0.6) is 11.5 Å². The minimum Gasteiger partial charge on any atom is -0.454 e. The lowest BCUT2D eigenvalue weighted by Crippen LogP contribution is -2.30. The summed E-state index contributed by atoms with van der Waals surface area (Å²) in [6.45, 7) is 3.15. The van der Waals surface area contributed by atoms with Crippen LogP contribution in [0.4, 0.5) is 0 Å². The number of likely N-dealkylation sites (N-methyl/N-ethyl adjacent to an activating group) is 1. The molecule has 1 atom stereocenters. The van der Waals surface area contributed by atoms with Crippen molar-refractivity contribution in [1.29, 1.82) is 0 Å². The zero-order chi connectivity index (χ0) is 15.5. The summed E-state index contributed by atoms with van der Waals surface area (Å²) in [6, 6.07) is 4.09. The van der Waals surface area contributed by atoms with Crippen molar-refractivity contribution in [2.45, 2.75) is 25.9 Å². The van der Waals surface area contributed by atoms with Crippen molar-refractivity contribution in [1.82, 2.24) is 14.9 Å². The molecule has 5 nitrogen and oxygen atoms in total. The van der Waals surface area contributed by atoms with Gasteiger partial charge in [0.2, 0.25) is 6.79 Å². The molecular formula is C16H18ClN3O2. The molecule has 1 aromatic heterocycles. The molecule has 0 amide bonds. The number of aromatic nitrogens is 2. The van der Waals surface area contributed by atoms with Gasteiger partial charge in [-0.05, 0) is 25.6 Å². The van der Waals surface area contributed by atoms with Gasteiger partial charge in [0.15, 0.2) is 11.5 Å². The molecule has 0 N–H and O–H groups in total. The standard InChI is InChI=1S/C16H18ClN3O2/c1-11(5-13-8-18-3-4-19-13)20(2)9-12-6-15-16(7-14(12)17)22-10-21-15/h3-4,6-8,11H,5,9-10H2,1-2H3/t11-/m1/s1. The fourth-order valence-electron chi connectivity index (χ4n) is 2.40. The molecule has 22 heavy (non-hydrogen) atoms. The normalized spacial score (nSPS) is 14.4. The maximum Gasteiger partial charge on any atom is 0.231 e. The molecule has 2 heterocycles. The highest BCUT2D eigenvalue weighted by atomic mass is 35.5. The summed E-state index contributed by atoms with van der Waals surface area (Å²) in [5.74, 6) is 1.47. The van der Waals surface area contributed by atoms with Gasteiger partial charge < -0.3 is 9.47 Å². The van der Waals surface area contributed by atoms with Crippen LogP contribution in [0.25, 0.3) is 0 Å². The lowest BCUT2D eigenvalue weighted by molar-refractivity contribution is 0.174. The molecule has 0 saturated carbocycles. The average molecular weight is 320 g/mol. The summed E-state index contributed by atoms with van der Waals surface area (Å²) < 4.78 is 10.7. The van der Waals surface area contributed by atoms with E-state index in [4.69, 9.17) is 21.1 Å². The predicted octanol–water partition coefficient (Wildman–Crippen LogP) is 2.92. The van der Waals surface area contributed by atoms with E-state index < -0.39 is 0 Å². The van der Waals surface area contributed by atoms with Gasteiger partial charge >= 0.3 is 0 Å². The smallest absolute Gasteiger partial charge is 0.231 e. The van der Waals surface area contributed by atoms with E-state index in [-0.39, 0.29) is 6.79 Å². The Labute approximate surface area is 134 Å². The van der Waals surface area contributed by atoms with Gasteiger partial charge in [0.05, 0.1) is 5.69 Å². The van der Waals surface area contributed by atoms with Crippen molar-refractivity contribution in [3.63, 3.8) is 0 Å². The molecule has 0 radical (unpaired) electrons. The predicted molar refractivity (Wildman–Crippen MR) is 84.2 cm³/mol. The van der Waals surface area contributed by atoms with E-state index in [1.807, 2.05) is 12.1 Å². The molecule has 0 spiro atoms. The lowest BCUT2D eigenvalue weighted by atomic mass is 10.1. The molecule has 116 valence electrons. The van der Waals surface area contributed by atoms with Gasteiger partial charge in [0, 0.05) is 48.7 Å². The SMILES string of the molecule is C[C@H](Cc1cnccn1)N(C)Cc1cc2c(cc1Cl)OCO2. The number of fused-ring (bicyclic) bond motifs is 1. The van der Waals surface area contributed by atoms with Gasteiger partial charge in [-0.1, -0.05) is 11.6 Å². The van der Waals surface area contributed by atoms with Crippen LogP contribution in [0.3, 0.4) is 0 Å². The van der Waals surface area contributed by atoms with Crippen LogP contribution >= 0.6 is 11.6 Å². The van der Waals surface area contributed by atoms with Crippen molar-refractivity contribution in [2.75, 3.05) is 13.8 Å². The Kier molecular flexibility index (Phi) is 4.45. The van der Waals surface area contributed by atoms with E-state index in [0.717, 1.165) is 30.0 Å². The van der Waals surface area contributed by atoms with Crippen molar-refractivity contribution in [3.8, 4) is 11.5 Å². The van der Waals surface area contributed by atoms with Crippen molar-refractivity contribution >= 4 is 11.6 Å². The van der Waals surface area contributed by atoms with Crippen LogP contribution in [0, 0.1) is 0 Å². The third kappa shape index (κ3) is 3.31. The van der Waals surface area contributed by atoms with E-state index in [0.29, 0.717) is 16.8 Å². The maximum absolute atomic E-state index is 6.33. The number of ether oxygens (including phenoxy) is 2. The molecule has 0 aliphatic carbocycles. The van der Waals surface area contributed by atoms with E-state index in [1.165, 1.54) is 0 Å². The Balaban J connectivity index is 1.67. The molecule has 0 bridgehead atoms. The first-order valence-electron chi connectivity index (χ1n) is 7.16. The van der Waals surface area contributed by atoms with Gasteiger partial charge in [-0.2, -0.15) is 0 Å². The summed E-state index contributed by atoms with van der Waals surface area (Å²) in [5, 5.41) is 0.697. The van der Waals surface area contributed by atoms with Crippen molar-refractivity contribution in [2.24, 2.45) is 0 Å². The number of nitrogens with zero attached hydrogens (tertiary/aromatic N) is 3. The minimum absolute atomic E-state index is 0.258. The summed E-state index contributed by atoms with van der Waals surface area (Å²) in [6.07, 6.45) is 6.05. The first-order chi connectivity index (χ1) is 10.6. The van der Waals surface area contributed by atoms with Crippen LogP contribution in [0.15, 0.2) is 30.7 Å². The average Bonchev–Trinajstić information content (AvgIpc) is 2.95. The first-order valence-corrected chi connectivity index (χ1v) is 7.54. The monoisotopic (exact) mass is 319 g/mol. The van der Waals surface area contributed by atoms with Gasteiger partial charge in [0.1, 0.15) is 0 Å². The van der Waals surface area contributed by atoms with Crippen LogP contribution in [-0.2, 0) is 13.0 Å². The Hall–Kier alpha value is -1.85. The number of benzene rings is 1. The second-order valence-electron chi connectivity index (χ2n) is 5.46. The second-order valence-corrected chi connectivity index (χ2v) is 5.87. The number of halogens is 1. The molecule has 6 heteroatoms. The highest BCUT2D eigenvalue weighted by molar-refractivity contribution is 6.31. The maximum atomic E-state index is 6.33. The molecular weight excluding hydrogens is 302 g/mol. The molecule has 0 saturated heterocycles. The molecule has 2 aromatic rings. The molecule has 0 unspecified atom stereocenters. The fraction of sp³-hybridized carbons (Fsp3) is 0.375. The van der Waals surface area contributed by atoms with Crippen LogP contribution < -0.4 is 9.47 Å². The highest BCUT2D eigenvalue weighted by Gasteiger charge is 2.19. The van der Waals surface area contributed by atoms with E-state index >= 15 is 0 Å². The summed E-state index contributed by atoms with van der Waals surface area (Å²) in [4.78, 5) is 10.7. The zero-order valence-corrected chi connectivity index (χ0v) is 13.4. The number of rotatable bonds is 5. The van der Waals surface area contributed by atoms with Gasteiger partial charge in [-0.15, -0.1) is 0 Å². The van der Waals surface area contributed by atoms with Crippen LogP contribution in [0.2, 0.25) is 5.02 Å². The quantitative estimate of drug-likeness (QED) is 0.848. The number of hydrogen-bond acceptors (Lipinski definition) is 5. The van der Waals surface area contributed by atoms with Gasteiger partial charge in [-0.3, -0.25) is 14.9 Å². The van der Waals surface area contributed by atoms with Crippen LogP contribution in [0.1, 0.15) is 18.2 Å². The molecule has 1 aliphatic rings. The Morgan fingerprint density at radius 2 is 2.05 bits per heavy atom. The van der Waals surface area contributed by atoms with Crippen molar-refractivity contribution < 1.29 is 9.47 Å².